The summed E-state index contributed by atoms with van der Waals surface area (Å²) in [6.07, 6.45) is 2.48. The molecular formula is C29H27FN4O3. The van der Waals surface area contributed by atoms with Gasteiger partial charge in [-0.05, 0) is 66.1 Å². The monoisotopic (exact) mass is 498 g/mol. The van der Waals surface area contributed by atoms with Crippen molar-refractivity contribution in [2.24, 2.45) is 5.10 Å². The maximum atomic E-state index is 13.7. The lowest BCUT2D eigenvalue weighted by Crippen LogP contribution is -2.29. The number of methoxy groups -OCH3 is 1. The molecule has 7 nitrogen and oxygen atoms in total. The van der Waals surface area contributed by atoms with Crippen LogP contribution in [0, 0.1) is 12.7 Å². The summed E-state index contributed by atoms with van der Waals surface area (Å²) in [5.41, 5.74) is 4.88. The number of hydrazone groups is 1. The Bertz CT molecular complexity index is 1410. The first kappa shape index (κ1) is 24.2. The lowest BCUT2D eigenvalue weighted by molar-refractivity contribution is -0.114. The highest BCUT2D eigenvalue weighted by atomic mass is 19.1. The number of nitrogens with zero attached hydrogens (tertiary/aromatic N) is 3. The van der Waals surface area contributed by atoms with E-state index < -0.39 is 0 Å². The van der Waals surface area contributed by atoms with Crippen LogP contribution in [0.2, 0.25) is 0 Å². The van der Waals surface area contributed by atoms with Crippen LogP contribution >= 0.6 is 0 Å². The number of hydrogen-bond acceptors (Lipinski definition) is 5. The lowest BCUT2D eigenvalue weighted by atomic mass is 10.0. The Hall–Kier alpha value is -4.46. The predicted molar refractivity (Wildman–Crippen MR) is 140 cm³/mol. The summed E-state index contributed by atoms with van der Waals surface area (Å²) in [6, 6.07) is 19.6. The summed E-state index contributed by atoms with van der Waals surface area (Å²) in [5.74, 6) is 0.0720. The minimum absolute atomic E-state index is 0.150. The normalized spacial score (nSPS) is 14.7. The highest BCUT2D eigenvalue weighted by Crippen LogP contribution is 2.29. The number of ether oxygens (including phenoxy) is 1. The molecule has 0 saturated heterocycles. The molecule has 0 radical (unpaired) electrons. The Labute approximate surface area is 214 Å². The molecule has 0 bridgehead atoms. The minimum atomic E-state index is -0.314. The van der Waals surface area contributed by atoms with Crippen molar-refractivity contribution in [1.82, 2.24) is 10.2 Å². The van der Waals surface area contributed by atoms with E-state index in [0.717, 1.165) is 22.6 Å². The smallest absolute Gasteiger partial charge is 0.282 e. The SMILES string of the molecule is COc1cccc(CNC(=O)c2ccc(CN3C=C4C(=O)N(c5ccc(F)c(C)c5)N=C4CC3)cc2)c1. The van der Waals surface area contributed by atoms with Crippen molar-refractivity contribution in [3.63, 3.8) is 0 Å². The molecule has 0 atom stereocenters. The molecule has 5 rings (SSSR count). The van der Waals surface area contributed by atoms with Crippen molar-refractivity contribution >= 4 is 23.2 Å². The van der Waals surface area contributed by atoms with Gasteiger partial charge in [0.15, 0.2) is 0 Å². The fourth-order valence-electron chi connectivity index (χ4n) is 4.39. The highest BCUT2D eigenvalue weighted by molar-refractivity contribution is 6.30. The van der Waals surface area contributed by atoms with Crippen LogP contribution in [-0.2, 0) is 17.9 Å². The second kappa shape index (κ2) is 10.3. The van der Waals surface area contributed by atoms with Crippen LogP contribution in [-0.4, -0.2) is 36.1 Å². The van der Waals surface area contributed by atoms with Gasteiger partial charge in [-0.1, -0.05) is 24.3 Å². The van der Waals surface area contributed by atoms with Crippen molar-refractivity contribution in [3.05, 3.63) is 107 Å². The molecule has 188 valence electrons. The molecule has 0 aliphatic carbocycles. The van der Waals surface area contributed by atoms with Crippen molar-refractivity contribution < 1.29 is 18.7 Å². The standard InChI is InChI=1S/C29H27FN4O3/c1-19-14-23(10-11-26(19)30)34-29(36)25-18-33(13-12-27(25)32-34)17-20-6-8-22(9-7-20)28(35)31-16-21-4-3-5-24(15-21)37-2/h3-11,14-15,18H,12-13,16-17H2,1-2H3,(H,31,35). The van der Waals surface area contributed by atoms with Crippen molar-refractivity contribution in [2.45, 2.75) is 26.4 Å². The number of carbonyl (C=O) groups is 2. The van der Waals surface area contributed by atoms with Crippen molar-refractivity contribution in [2.75, 3.05) is 18.7 Å². The van der Waals surface area contributed by atoms with Gasteiger partial charge >= 0.3 is 0 Å². The first-order valence-corrected chi connectivity index (χ1v) is 12.1. The molecule has 2 amide bonds. The average Bonchev–Trinajstić information content (AvgIpc) is 3.25. The number of nitrogens with one attached hydrogen (secondary N) is 1. The second-order valence-electron chi connectivity index (χ2n) is 9.09. The summed E-state index contributed by atoms with van der Waals surface area (Å²) in [5, 5.41) is 8.76. The molecule has 8 heteroatoms. The average molecular weight is 499 g/mol. The van der Waals surface area contributed by atoms with Gasteiger partial charge in [0.25, 0.3) is 11.8 Å². The molecule has 1 N–H and O–H groups in total. The van der Waals surface area contributed by atoms with Crippen LogP contribution in [0.5, 0.6) is 5.75 Å². The molecule has 2 aliphatic rings. The molecule has 2 heterocycles. The number of benzene rings is 3. The zero-order valence-electron chi connectivity index (χ0n) is 20.7. The molecular weight excluding hydrogens is 471 g/mol. The number of rotatable bonds is 7. The fourth-order valence-corrected chi connectivity index (χ4v) is 4.39. The topological polar surface area (TPSA) is 74.2 Å². The van der Waals surface area contributed by atoms with E-state index in [1.54, 1.807) is 38.3 Å². The first-order valence-electron chi connectivity index (χ1n) is 12.1. The summed E-state index contributed by atoms with van der Waals surface area (Å²) in [7, 11) is 1.61. The maximum Gasteiger partial charge on any atom is 0.282 e. The van der Waals surface area contributed by atoms with Gasteiger partial charge in [0, 0.05) is 37.8 Å². The van der Waals surface area contributed by atoms with Crippen LogP contribution in [0.1, 0.15) is 33.5 Å². The van der Waals surface area contributed by atoms with Crippen LogP contribution in [0.15, 0.2) is 83.6 Å². The van der Waals surface area contributed by atoms with Crippen molar-refractivity contribution in [1.29, 1.82) is 0 Å². The number of carbonyl (C=O) groups excluding carboxylic acids is 2. The van der Waals surface area contributed by atoms with E-state index in [4.69, 9.17) is 4.74 Å². The molecule has 3 aromatic carbocycles. The molecule has 0 spiro atoms. The third-order valence-corrected chi connectivity index (χ3v) is 6.48. The number of amides is 2. The minimum Gasteiger partial charge on any atom is -0.497 e. The van der Waals surface area contributed by atoms with E-state index in [-0.39, 0.29) is 17.6 Å². The molecule has 0 aromatic heterocycles. The first-order chi connectivity index (χ1) is 17.9. The lowest BCUT2D eigenvalue weighted by Gasteiger charge is -2.25. The van der Waals surface area contributed by atoms with E-state index in [0.29, 0.717) is 48.4 Å². The van der Waals surface area contributed by atoms with Gasteiger partial charge in [0.2, 0.25) is 0 Å². The molecule has 37 heavy (non-hydrogen) atoms. The molecule has 0 saturated carbocycles. The summed E-state index contributed by atoms with van der Waals surface area (Å²) < 4.78 is 18.9. The van der Waals surface area contributed by atoms with Crippen LogP contribution in [0.25, 0.3) is 0 Å². The third-order valence-electron chi connectivity index (χ3n) is 6.48. The Kier molecular flexibility index (Phi) is 6.72. The van der Waals surface area contributed by atoms with Gasteiger partial charge in [-0.15, -0.1) is 0 Å². The van der Waals surface area contributed by atoms with Gasteiger partial charge in [-0.25, -0.2) is 4.39 Å². The van der Waals surface area contributed by atoms with Crippen LogP contribution < -0.4 is 15.1 Å². The van der Waals surface area contributed by atoms with E-state index in [1.807, 2.05) is 42.6 Å². The number of anilines is 1. The van der Waals surface area contributed by atoms with Crippen molar-refractivity contribution in [3.8, 4) is 5.75 Å². The molecule has 0 fully saturated rings. The van der Waals surface area contributed by atoms with E-state index in [1.165, 1.54) is 11.1 Å². The van der Waals surface area contributed by atoms with Gasteiger partial charge in [-0.3, -0.25) is 9.59 Å². The Morgan fingerprint density at radius 1 is 1.08 bits per heavy atom. The van der Waals surface area contributed by atoms with Gasteiger partial charge in [-0.2, -0.15) is 10.1 Å². The van der Waals surface area contributed by atoms with Crippen LogP contribution in [0.3, 0.4) is 0 Å². The third kappa shape index (κ3) is 5.23. The molecule has 3 aromatic rings. The fraction of sp³-hybridized carbons (Fsp3) is 0.207. The molecule has 2 aliphatic heterocycles. The largest absolute Gasteiger partial charge is 0.497 e. The predicted octanol–water partition coefficient (Wildman–Crippen LogP) is 4.57. The maximum absolute atomic E-state index is 13.7. The zero-order valence-corrected chi connectivity index (χ0v) is 20.7. The summed E-state index contributed by atoms with van der Waals surface area (Å²) >= 11 is 0. The second-order valence-corrected chi connectivity index (χ2v) is 9.09. The highest BCUT2D eigenvalue weighted by Gasteiger charge is 2.34. The Morgan fingerprint density at radius 2 is 1.89 bits per heavy atom. The van der Waals surface area contributed by atoms with E-state index in [2.05, 4.69) is 15.3 Å². The van der Waals surface area contributed by atoms with Gasteiger partial charge in [0.05, 0.1) is 24.1 Å². The number of fused-ring (bicyclic) bond motifs is 1. The van der Waals surface area contributed by atoms with Gasteiger partial charge in [0.1, 0.15) is 11.6 Å². The number of hydrogen-bond donors (Lipinski definition) is 1. The Morgan fingerprint density at radius 3 is 2.65 bits per heavy atom. The number of aryl methyl sites for hydroxylation is 1. The number of halogens is 1. The Balaban J connectivity index is 1.20. The van der Waals surface area contributed by atoms with Gasteiger partial charge < -0.3 is 15.0 Å². The van der Waals surface area contributed by atoms with E-state index >= 15 is 0 Å². The van der Waals surface area contributed by atoms with Crippen LogP contribution in [0.4, 0.5) is 10.1 Å². The van der Waals surface area contributed by atoms with E-state index in [9.17, 15) is 14.0 Å². The molecule has 0 unspecified atom stereocenters. The zero-order chi connectivity index (χ0) is 25.9. The quantitative estimate of drug-likeness (QED) is 0.518. The summed E-state index contributed by atoms with van der Waals surface area (Å²) in [4.78, 5) is 27.7. The summed E-state index contributed by atoms with van der Waals surface area (Å²) in [6.45, 7) is 3.39.